The van der Waals surface area contributed by atoms with E-state index in [1.165, 1.54) is 6.33 Å². The van der Waals surface area contributed by atoms with E-state index < -0.39 is 6.04 Å². The van der Waals surface area contributed by atoms with Crippen molar-refractivity contribution in [2.24, 2.45) is 0 Å². The summed E-state index contributed by atoms with van der Waals surface area (Å²) in [6.07, 6.45) is 2.41. The summed E-state index contributed by atoms with van der Waals surface area (Å²) in [5.74, 6) is 1.19. The highest BCUT2D eigenvalue weighted by molar-refractivity contribution is 6.06. The third-order valence-electron chi connectivity index (χ3n) is 5.08. The Labute approximate surface area is 175 Å². The van der Waals surface area contributed by atoms with E-state index in [1.807, 2.05) is 62.4 Å². The van der Waals surface area contributed by atoms with Gasteiger partial charge in [0.05, 0.1) is 12.2 Å². The van der Waals surface area contributed by atoms with Crippen molar-refractivity contribution in [2.75, 3.05) is 17.2 Å². The number of nitrogens with zero attached hydrogens (tertiary/aromatic N) is 3. The fourth-order valence-corrected chi connectivity index (χ4v) is 3.59. The molecule has 2 heterocycles. The van der Waals surface area contributed by atoms with Crippen LogP contribution in [-0.2, 0) is 4.79 Å². The van der Waals surface area contributed by atoms with Gasteiger partial charge in [-0.3, -0.25) is 4.79 Å². The van der Waals surface area contributed by atoms with Gasteiger partial charge in [-0.25, -0.2) is 4.68 Å². The van der Waals surface area contributed by atoms with E-state index in [-0.39, 0.29) is 5.91 Å². The Bertz CT molecular complexity index is 1100. The number of ether oxygens (including phenoxy) is 1. The van der Waals surface area contributed by atoms with Crippen LogP contribution in [0.15, 0.2) is 66.1 Å². The van der Waals surface area contributed by atoms with Crippen molar-refractivity contribution < 1.29 is 9.53 Å². The molecule has 1 aliphatic heterocycles. The number of hydrogen-bond acceptors (Lipinski definition) is 5. The lowest BCUT2D eigenvalue weighted by Gasteiger charge is -2.29. The summed E-state index contributed by atoms with van der Waals surface area (Å²) in [5, 5.41) is 10.6. The monoisotopic (exact) mass is 403 g/mol. The Morgan fingerprint density at radius 1 is 1.20 bits per heavy atom. The number of nitrogens with one attached hydrogen (secondary N) is 2. The van der Waals surface area contributed by atoms with Gasteiger partial charge in [-0.2, -0.15) is 10.1 Å². The topological polar surface area (TPSA) is 81.1 Å². The number of fused-ring (bicyclic) bond motifs is 1. The number of anilines is 2. The van der Waals surface area contributed by atoms with E-state index in [0.717, 1.165) is 34.7 Å². The molecule has 1 aliphatic rings. The Kier molecular flexibility index (Phi) is 5.52. The van der Waals surface area contributed by atoms with Gasteiger partial charge < -0.3 is 15.4 Å². The molecule has 7 nitrogen and oxygen atoms in total. The van der Waals surface area contributed by atoms with Gasteiger partial charge >= 0.3 is 0 Å². The van der Waals surface area contributed by atoms with Crippen molar-refractivity contribution in [2.45, 2.75) is 33.2 Å². The van der Waals surface area contributed by atoms with Crippen LogP contribution >= 0.6 is 0 Å². The highest BCUT2D eigenvalue weighted by Crippen LogP contribution is 2.36. The first-order valence-corrected chi connectivity index (χ1v) is 10.1. The molecule has 154 valence electrons. The number of para-hydroxylation sites is 1. The summed E-state index contributed by atoms with van der Waals surface area (Å²) in [6.45, 7) is 6.56. The largest absolute Gasteiger partial charge is 0.494 e. The zero-order chi connectivity index (χ0) is 21.1. The SMILES string of the molecule is CCCOc1cccc(C2C(C(=O)Nc3ccccc3C)=C(C)Nc3ncnn32)c1. The molecule has 7 heteroatoms. The van der Waals surface area contributed by atoms with Crippen molar-refractivity contribution in [3.63, 3.8) is 0 Å². The van der Waals surface area contributed by atoms with Crippen LogP contribution in [0, 0.1) is 6.92 Å². The van der Waals surface area contributed by atoms with Crippen LogP contribution < -0.4 is 15.4 Å². The summed E-state index contributed by atoms with van der Waals surface area (Å²) >= 11 is 0. The number of benzene rings is 2. The summed E-state index contributed by atoms with van der Waals surface area (Å²) in [5.41, 5.74) is 4.02. The van der Waals surface area contributed by atoms with Crippen molar-refractivity contribution in [3.05, 3.63) is 77.3 Å². The average molecular weight is 403 g/mol. The first-order valence-electron chi connectivity index (χ1n) is 10.1. The second-order valence-corrected chi connectivity index (χ2v) is 7.28. The fraction of sp³-hybridized carbons (Fsp3) is 0.261. The standard InChI is InChI=1S/C23H25N5O2/c1-4-12-30-18-10-7-9-17(13-18)21-20(16(3)26-23-24-14-25-28(21)23)22(29)27-19-11-6-5-8-15(19)2/h5-11,13-14,21H,4,12H2,1-3H3,(H,27,29)(H,24,25,26). The minimum atomic E-state index is -0.419. The number of carbonyl (C=O) groups excluding carboxylic acids is 1. The van der Waals surface area contributed by atoms with E-state index in [1.54, 1.807) is 4.68 Å². The molecule has 1 atom stereocenters. The van der Waals surface area contributed by atoms with Crippen LogP contribution in [-0.4, -0.2) is 27.3 Å². The van der Waals surface area contributed by atoms with Gasteiger partial charge in [0.2, 0.25) is 5.95 Å². The first-order chi connectivity index (χ1) is 14.6. The molecule has 0 radical (unpaired) electrons. The van der Waals surface area contributed by atoms with Gasteiger partial charge in [-0.05, 0) is 49.6 Å². The molecule has 0 saturated carbocycles. The zero-order valence-electron chi connectivity index (χ0n) is 17.3. The zero-order valence-corrected chi connectivity index (χ0v) is 17.3. The predicted octanol–water partition coefficient (Wildman–Crippen LogP) is 4.30. The summed E-state index contributed by atoms with van der Waals surface area (Å²) in [6, 6.07) is 15.1. The second-order valence-electron chi connectivity index (χ2n) is 7.28. The maximum absolute atomic E-state index is 13.4. The molecule has 0 aliphatic carbocycles. The van der Waals surface area contributed by atoms with Gasteiger partial charge in [0.1, 0.15) is 18.1 Å². The van der Waals surface area contributed by atoms with Crippen molar-refractivity contribution in [1.29, 1.82) is 0 Å². The van der Waals surface area contributed by atoms with Gasteiger partial charge in [-0.15, -0.1) is 0 Å². The summed E-state index contributed by atoms with van der Waals surface area (Å²) in [7, 11) is 0. The lowest BCUT2D eigenvalue weighted by molar-refractivity contribution is -0.113. The minimum Gasteiger partial charge on any atom is -0.494 e. The molecule has 1 unspecified atom stereocenters. The van der Waals surface area contributed by atoms with Crippen molar-refractivity contribution in [1.82, 2.24) is 14.8 Å². The van der Waals surface area contributed by atoms with Gasteiger partial charge in [0, 0.05) is 11.4 Å². The third kappa shape index (κ3) is 3.78. The molecule has 1 aromatic heterocycles. The molecule has 4 rings (SSSR count). The third-order valence-corrected chi connectivity index (χ3v) is 5.08. The molecule has 0 spiro atoms. The van der Waals surface area contributed by atoms with Crippen LogP contribution in [0.4, 0.5) is 11.6 Å². The lowest BCUT2D eigenvalue weighted by atomic mass is 9.94. The van der Waals surface area contributed by atoms with Crippen LogP contribution in [0.2, 0.25) is 0 Å². The second kappa shape index (κ2) is 8.41. The van der Waals surface area contributed by atoms with E-state index in [0.29, 0.717) is 18.1 Å². The minimum absolute atomic E-state index is 0.180. The number of hydrogen-bond donors (Lipinski definition) is 2. The van der Waals surface area contributed by atoms with Crippen LogP contribution in [0.5, 0.6) is 5.75 Å². The average Bonchev–Trinajstić information content (AvgIpc) is 3.21. The molecule has 0 saturated heterocycles. The first kappa shape index (κ1) is 19.7. The molecule has 2 N–H and O–H groups in total. The molecule has 2 aromatic carbocycles. The Morgan fingerprint density at radius 3 is 2.83 bits per heavy atom. The number of allylic oxidation sites excluding steroid dienone is 1. The molecule has 0 fully saturated rings. The molecule has 0 bridgehead atoms. The van der Waals surface area contributed by atoms with Crippen LogP contribution in [0.1, 0.15) is 37.4 Å². The van der Waals surface area contributed by atoms with E-state index >= 15 is 0 Å². The van der Waals surface area contributed by atoms with E-state index in [2.05, 4.69) is 27.6 Å². The van der Waals surface area contributed by atoms with E-state index in [9.17, 15) is 4.79 Å². The number of aromatic nitrogens is 3. The Morgan fingerprint density at radius 2 is 2.03 bits per heavy atom. The smallest absolute Gasteiger partial charge is 0.255 e. The quantitative estimate of drug-likeness (QED) is 0.641. The van der Waals surface area contributed by atoms with E-state index in [4.69, 9.17) is 4.74 Å². The maximum atomic E-state index is 13.4. The fourth-order valence-electron chi connectivity index (χ4n) is 3.59. The van der Waals surface area contributed by atoms with Crippen LogP contribution in [0.3, 0.4) is 0 Å². The number of amides is 1. The predicted molar refractivity (Wildman–Crippen MR) is 117 cm³/mol. The summed E-state index contributed by atoms with van der Waals surface area (Å²) in [4.78, 5) is 17.7. The van der Waals surface area contributed by atoms with Crippen LogP contribution in [0.25, 0.3) is 0 Å². The van der Waals surface area contributed by atoms with Gasteiger partial charge in [-0.1, -0.05) is 37.3 Å². The highest BCUT2D eigenvalue weighted by Gasteiger charge is 2.33. The molecular weight excluding hydrogens is 378 g/mol. The number of aryl methyl sites for hydroxylation is 1. The number of rotatable bonds is 6. The molecular formula is C23H25N5O2. The lowest BCUT2D eigenvalue weighted by Crippen LogP contribution is -2.31. The van der Waals surface area contributed by atoms with Crippen molar-refractivity contribution >= 4 is 17.5 Å². The van der Waals surface area contributed by atoms with Crippen molar-refractivity contribution in [3.8, 4) is 5.75 Å². The summed E-state index contributed by atoms with van der Waals surface area (Å²) < 4.78 is 7.55. The molecule has 1 amide bonds. The Balaban J connectivity index is 1.74. The molecule has 30 heavy (non-hydrogen) atoms. The van der Waals surface area contributed by atoms with Gasteiger partial charge in [0.15, 0.2) is 0 Å². The normalized spacial score (nSPS) is 15.4. The molecule has 3 aromatic rings. The number of carbonyl (C=O) groups is 1. The highest BCUT2D eigenvalue weighted by atomic mass is 16.5. The Hall–Kier alpha value is -3.61. The van der Waals surface area contributed by atoms with Gasteiger partial charge in [0.25, 0.3) is 5.91 Å². The maximum Gasteiger partial charge on any atom is 0.255 e.